The predicted octanol–water partition coefficient (Wildman–Crippen LogP) is 2.39. The number of rotatable bonds is 9. The van der Waals surface area contributed by atoms with E-state index in [1.165, 1.54) is 5.56 Å². The maximum Gasteiger partial charge on any atom is 0.191 e. The number of nitrogens with one attached hydrogen (secondary N) is 2. The quantitative estimate of drug-likeness (QED) is 0.402. The first-order valence-corrected chi connectivity index (χ1v) is 9.46. The van der Waals surface area contributed by atoms with E-state index in [0.29, 0.717) is 12.5 Å². The Labute approximate surface area is 162 Å². The van der Waals surface area contributed by atoms with Crippen LogP contribution in [0.5, 0.6) is 0 Å². The molecule has 2 aromatic rings. The minimum Gasteiger partial charge on any atom is -0.385 e. The average Bonchev–Trinajstić information content (AvgIpc) is 3.01. The van der Waals surface area contributed by atoms with Gasteiger partial charge in [0.2, 0.25) is 0 Å². The van der Waals surface area contributed by atoms with E-state index < -0.39 is 0 Å². The highest BCUT2D eigenvalue weighted by atomic mass is 16.5. The molecular weight excluding hydrogens is 340 g/mol. The summed E-state index contributed by atoms with van der Waals surface area (Å²) in [6, 6.07) is 10.7. The molecule has 0 amide bonds. The molecule has 148 valence electrons. The van der Waals surface area contributed by atoms with Crippen LogP contribution in [0.15, 0.2) is 35.3 Å². The summed E-state index contributed by atoms with van der Waals surface area (Å²) >= 11 is 0. The smallest absolute Gasteiger partial charge is 0.191 e. The van der Waals surface area contributed by atoms with Crippen molar-refractivity contribution in [1.29, 1.82) is 0 Å². The average molecular weight is 373 g/mol. The highest BCUT2D eigenvalue weighted by molar-refractivity contribution is 5.80. The Morgan fingerprint density at radius 2 is 1.96 bits per heavy atom. The van der Waals surface area contributed by atoms with E-state index in [9.17, 15) is 0 Å². The van der Waals surface area contributed by atoms with Crippen molar-refractivity contribution in [1.82, 2.24) is 25.4 Å². The Morgan fingerprint density at radius 3 is 2.59 bits per heavy atom. The Kier molecular flexibility index (Phi) is 8.26. The van der Waals surface area contributed by atoms with Crippen molar-refractivity contribution in [3.8, 4) is 0 Å². The van der Waals surface area contributed by atoms with Crippen LogP contribution in [-0.2, 0) is 18.3 Å². The Hall–Kier alpha value is -2.41. The second kappa shape index (κ2) is 10.7. The van der Waals surface area contributed by atoms with Gasteiger partial charge in [0.1, 0.15) is 12.4 Å². The summed E-state index contributed by atoms with van der Waals surface area (Å²) in [5.74, 6) is 2.86. The van der Waals surface area contributed by atoms with Crippen molar-refractivity contribution in [2.75, 3.05) is 20.3 Å². The lowest BCUT2D eigenvalue weighted by Crippen LogP contribution is -2.44. The summed E-state index contributed by atoms with van der Waals surface area (Å²) in [5.41, 5.74) is 1.31. The molecule has 7 nitrogen and oxygen atoms in total. The number of guanidine groups is 1. The maximum absolute atomic E-state index is 5.13. The standard InChI is InChI=1S/C20H32N6O/c1-15(18-10-7-6-8-11-18)16(2)23-20(21-12-9-13-27-5)22-14-19-25-24-17(3)26(19)4/h6-8,10-11,15-16H,9,12-14H2,1-5H3,(H2,21,22,23). The molecule has 2 atom stereocenters. The first kappa shape index (κ1) is 20.9. The van der Waals surface area contributed by atoms with Gasteiger partial charge in [-0.15, -0.1) is 10.2 Å². The van der Waals surface area contributed by atoms with Gasteiger partial charge in [-0.1, -0.05) is 37.3 Å². The lowest BCUT2D eigenvalue weighted by molar-refractivity contribution is 0.195. The van der Waals surface area contributed by atoms with Crippen molar-refractivity contribution in [3.05, 3.63) is 47.5 Å². The molecule has 7 heteroatoms. The summed E-state index contributed by atoms with van der Waals surface area (Å²) in [6.07, 6.45) is 0.920. The number of hydrogen-bond donors (Lipinski definition) is 2. The van der Waals surface area contributed by atoms with Crippen LogP contribution in [-0.4, -0.2) is 47.0 Å². The fraction of sp³-hybridized carbons (Fsp3) is 0.550. The van der Waals surface area contributed by atoms with Gasteiger partial charge in [-0.3, -0.25) is 0 Å². The zero-order chi connectivity index (χ0) is 19.6. The van der Waals surface area contributed by atoms with Crippen molar-refractivity contribution < 1.29 is 4.74 Å². The number of nitrogens with zero attached hydrogens (tertiary/aromatic N) is 4. The largest absolute Gasteiger partial charge is 0.385 e. The molecule has 2 rings (SSSR count). The molecule has 1 aromatic heterocycles. The van der Waals surface area contributed by atoms with E-state index in [4.69, 9.17) is 9.73 Å². The highest BCUT2D eigenvalue weighted by Crippen LogP contribution is 2.18. The molecule has 1 heterocycles. The zero-order valence-electron chi connectivity index (χ0n) is 17.1. The van der Waals surface area contributed by atoms with Gasteiger partial charge >= 0.3 is 0 Å². The third-order valence-electron chi connectivity index (χ3n) is 4.82. The van der Waals surface area contributed by atoms with Gasteiger partial charge in [0.15, 0.2) is 11.8 Å². The Morgan fingerprint density at radius 1 is 1.22 bits per heavy atom. The van der Waals surface area contributed by atoms with Crippen LogP contribution < -0.4 is 10.6 Å². The molecule has 0 bridgehead atoms. The number of aryl methyl sites for hydroxylation is 1. The van der Waals surface area contributed by atoms with Gasteiger partial charge in [0.05, 0.1) is 0 Å². The monoisotopic (exact) mass is 372 g/mol. The van der Waals surface area contributed by atoms with Gasteiger partial charge in [-0.2, -0.15) is 0 Å². The number of methoxy groups -OCH3 is 1. The first-order chi connectivity index (χ1) is 13.0. The van der Waals surface area contributed by atoms with Gasteiger partial charge in [0.25, 0.3) is 0 Å². The van der Waals surface area contributed by atoms with E-state index in [0.717, 1.165) is 37.2 Å². The molecule has 2 N–H and O–H groups in total. The number of aromatic nitrogens is 3. The predicted molar refractivity (Wildman–Crippen MR) is 109 cm³/mol. The van der Waals surface area contributed by atoms with Crippen molar-refractivity contribution in [2.45, 2.75) is 45.7 Å². The van der Waals surface area contributed by atoms with Gasteiger partial charge < -0.3 is 19.9 Å². The maximum atomic E-state index is 5.13. The summed E-state index contributed by atoms with van der Waals surface area (Å²) in [5, 5.41) is 15.2. The minimum atomic E-state index is 0.224. The molecule has 0 radical (unpaired) electrons. The topological polar surface area (TPSA) is 76.4 Å². The molecule has 0 saturated carbocycles. The fourth-order valence-electron chi connectivity index (χ4n) is 2.70. The SMILES string of the molecule is COCCCNC(=NCc1nnc(C)n1C)NC(C)C(C)c1ccccc1. The van der Waals surface area contributed by atoms with Crippen molar-refractivity contribution in [2.24, 2.45) is 12.0 Å². The molecule has 0 spiro atoms. The van der Waals surface area contributed by atoms with Gasteiger partial charge in [0, 0.05) is 39.3 Å². The number of aliphatic imine (C=N–C) groups is 1. The van der Waals surface area contributed by atoms with Crippen LogP contribution in [0.25, 0.3) is 0 Å². The fourth-order valence-corrected chi connectivity index (χ4v) is 2.70. The van der Waals surface area contributed by atoms with E-state index in [-0.39, 0.29) is 6.04 Å². The minimum absolute atomic E-state index is 0.224. The molecule has 27 heavy (non-hydrogen) atoms. The van der Waals surface area contributed by atoms with Crippen LogP contribution >= 0.6 is 0 Å². The van der Waals surface area contributed by atoms with E-state index in [1.807, 2.05) is 24.6 Å². The zero-order valence-corrected chi connectivity index (χ0v) is 17.1. The molecule has 0 saturated heterocycles. The normalized spacial score (nSPS) is 14.0. The van der Waals surface area contributed by atoms with Crippen LogP contribution in [0, 0.1) is 6.92 Å². The summed E-state index contributed by atoms with van der Waals surface area (Å²) in [7, 11) is 3.67. The summed E-state index contributed by atoms with van der Waals surface area (Å²) in [4.78, 5) is 4.71. The van der Waals surface area contributed by atoms with E-state index in [1.54, 1.807) is 7.11 Å². The summed E-state index contributed by atoms with van der Waals surface area (Å²) < 4.78 is 7.09. The molecule has 0 aliphatic rings. The molecular formula is C20H32N6O. The number of hydrogen-bond acceptors (Lipinski definition) is 4. The second-order valence-electron chi connectivity index (χ2n) is 6.79. The van der Waals surface area contributed by atoms with Crippen LogP contribution in [0.1, 0.15) is 43.4 Å². The van der Waals surface area contributed by atoms with Crippen molar-refractivity contribution >= 4 is 5.96 Å². The third kappa shape index (κ3) is 6.36. The second-order valence-corrected chi connectivity index (χ2v) is 6.79. The molecule has 0 fully saturated rings. The van der Waals surface area contributed by atoms with Crippen molar-refractivity contribution in [3.63, 3.8) is 0 Å². The lowest BCUT2D eigenvalue weighted by atomic mass is 9.94. The third-order valence-corrected chi connectivity index (χ3v) is 4.82. The Balaban J connectivity index is 2.04. The molecule has 1 aromatic carbocycles. The van der Waals surface area contributed by atoms with E-state index in [2.05, 4.69) is 58.9 Å². The van der Waals surface area contributed by atoms with Gasteiger partial charge in [-0.05, 0) is 25.8 Å². The lowest BCUT2D eigenvalue weighted by Gasteiger charge is -2.24. The number of ether oxygens (including phenoxy) is 1. The van der Waals surface area contributed by atoms with Crippen LogP contribution in [0.4, 0.5) is 0 Å². The first-order valence-electron chi connectivity index (χ1n) is 9.46. The molecule has 2 unspecified atom stereocenters. The summed E-state index contributed by atoms with van der Waals surface area (Å²) in [6.45, 7) is 8.33. The number of benzene rings is 1. The van der Waals surface area contributed by atoms with Crippen LogP contribution in [0.2, 0.25) is 0 Å². The molecule has 0 aliphatic carbocycles. The highest BCUT2D eigenvalue weighted by Gasteiger charge is 2.15. The van der Waals surface area contributed by atoms with Gasteiger partial charge in [-0.25, -0.2) is 4.99 Å². The van der Waals surface area contributed by atoms with E-state index >= 15 is 0 Å². The van der Waals surface area contributed by atoms with Crippen LogP contribution in [0.3, 0.4) is 0 Å². The Bertz CT molecular complexity index is 713. The molecule has 0 aliphatic heterocycles.